The number of nitrogens with zero attached hydrogens (tertiary/aromatic N) is 2. The van der Waals surface area contributed by atoms with Gasteiger partial charge in [0.1, 0.15) is 5.84 Å². The molecule has 0 N–H and O–H groups in total. The van der Waals surface area contributed by atoms with E-state index < -0.39 is 0 Å². The fourth-order valence-electron chi connectivity index (χ4n) is 3.30. The molecule has 0 fully saturated rings. The molecule has 2 rings (SSSR count). The highest BCUT2D eigenvalue weighted by Crippen LogP contribution is 2.28. The van der Waals surface area contributed by atoms with Gasteiger partial charge in [-0.25, -0.2) is 4.99 Å². The van der Waals surface area contributed by atoms with E-state index in [2.05, 4.69) is 87.7 Å². The van der Waals surface area contributed by atoms with E-state index >= 15 is 0 Å². The van der Waals surface area contributed by atoms with Crippen molar-refractivity contribution in [2.24, 2.45) is 4.99 Å². The predicted octanol–water partition coefficient (Wildman–Crippen LogP) is 7.06. The Labute approximate surface area is 171 Å². The molecule has 0 unspecified atom stereocenters. The van der Waals surface area contributed by atoms with Crippen LogP contribution in [-0.2, 0) is 0 Å². The Bertz CT molecular complexity index is 786. The lowest BCUT2D eigenvalue weighted by molar-refractivity contribution is 0.342. The molecule has 2 aromatic rings. The van der Waals surface area contributed by atoms with Crippen molar-refractivity contribution < 1.29 is 0 Å². The third-order valence-corrected chi connectivity index (χ3v) is 4.94. The van der Waals surface area contributed by atoms with Crippen molar-refractivity contribution in [3.63, 3.8) is 0 Å². The maximum absolute atomic E-state index is 5.15. The van der Waals surface area contributed by atoms with E-state index in [1.807, 2.05) is 18.2 Å². The first-order chi connectivity index (χ1) is 13.6. The molecule has 0 spiro atoms. The fourth-order valence-corrected chi connectivity index (χ4v) is 3.30. The van der Waals surface area contributed by atoms with Crippen LogP contribution in [-0.4, -0.2) is 23.3 Å². The van der Waals surface area contributed by atoms with Crippen molar-refractivity contribution in [3.05, 3.63) is 84.4 Å². The third kappa shape index (κ3) is 5.95. The molecule has 0 heterocycles. The number of rotatable bonds is 9. The second kappa shape index (κ2) is 11.3. The Morgan fingerprint density at radius 2 is 1.54 bits per heavy atom. The lowest BCUT2D eigenvalue weighted by Gasteiger charge is -2.29. The Balaban J connectivity index is 2.54. The SMILES string of the molecule is C=C/C(=N\C(=C(/C)c1ccccc1)c1ccccc1)N(CCCCC)C(C)C. The van der Waals surface area contributed by atoms with Gasteiger partial charge in [0.2, 0.25) is 0 Å². The van der Waals surface area contributed by atoms with Crippen LogP contribution in [0.3, 0.4) is 0 Å². The summed E-state index contributed by atoms with van der Waals surface area (Å²) in [4.78, 5) is 7.51. The van der Waals surface area contributed by atoms with Crippen molar-refractivity contribution in [3.8, 4) is 0 Å². The third-order valence-electron chi connectivity index (χ3n) is 4.94. The van der Waals surface area contributed by atoms with E-state index in [1.165, 1.54) is 30.4 Å². The van der Waals surface area contributed by atoms with E-state index in [9.17, 15) is 0 Å². The van der Waals surface area contributed by atoms with Crippen molar-refractivity contribution in [1.29, 1.82) is 0 Å². The van der Waals surface area contributed by atoms with Gasteiger partial charge in [-0.3, -0.25) is 0 Å². The number of aliphatic imine (C=N–C) groups is 1. The molecular formula is C26H34N2. The van der Waals surface area contributed by atoms with E-state index in [1.54, 1.807) is 0 Å². The topological polar surface area (TPSA) is 15.6 Å². The van der Waals surface area contributed by atoms with Crippen molar-refractivity contribution in [2.45, 2.75) is 53.0 Å². The number of hydrogen-bond acceptors (Lipinski definition) is 1. The van der Waals surface area contributed by atoms with Crippen LogP contribution < -0.4 is 0 Å². The molecule has 0 radical (unpaired) electrons. The highest BCUT2D eigenvalue weighted by Gasteiger charge is 2.15. The largest absolute Gasteiger partial charge is 0.354 e. The average molecular weight is 375 g/mol. The molecule has 2 heteroatoms. The Morgan fingerprint density at radius 3 is 2.04 bits per heavy atom. The van der Waals surface area contributed by atoms with Gasteiger partial charge in [-0.05, 0) is 44.4 Å². The first kappa shape index (κ1) is 21.7. The fraction of sp³-hybridized carbons (Fsp3) is 0.346. The lowest BCUT2D eigenvalue weighted by atomic mass is 10.0. The van der Waals surface area contributed by atoms with Crippen LogP contribution in [0.5, 0.6) is 0 Å². The van der Waals surface area contributed by atoms with Crippen molar-refractivity contribution >= 4 is 17.1 Å². The monoisotopic (exact) mass is 374 g/mol. The van der Waals surface area contributed by atoms with Gasteiger partial charge in [0.15, 0.2) is 0 Å². The van der Waals surface area contributed by atoms with Gasteiger partial charge in [-0.15, -0.1) is 0 Å². The van der Waals surface area contributed by atoms with Gasteiger partial charge in [-0.2, -0.15) is 0 Å². The normalized spacial score (nSPS) is 12.7. The summed E-state index contributed by atoms with van der Waals surface area (Å²) in [6, 6.07) is 21.3. The summed E-state index contributed by atoms with van der Waals surface area (Å²) < 4.78 is 0. The number of unbranched alkanes of at least 4 members (excludes halogenated alkanes) is 2. The molecule has 0 saturated carbocycles. The smallest absolute Gasteiger partial charge is 0.128 e. The summed E-state index contributed by atoms with van der Waals surface area (Å²) in [5, 5.41) is 0. The zero-order valence-corrected chi connectivity index (χ0v) is 17.9. The number of amidine groups is 1. The minimum absolute atomic E-state index is 0.377. The molecule has 0 amide bonds. The molecule has 0 aromatic heterocycles. The molecule has 0 aliphatic rings. The maximum Gasteiger partial charge on any atom is 0.128 e. The van der Waals surface area contributed by atoms with Gasteiger partial charge in [0, 0.05) is 18.2 Å². The lowest BCUT2D eigenvalue weighted by Crippen LogP contribution is -2.36. The van der Waals surface area contributed by atoms with E-state index in [0.717, 1.165) is 23.6 Å². The number of hydrogen-bond donors (Lipinski definition) is 0. The van der Waals surface area contributed by atoms with Crippen LogP contribution in [0.2, 0.25) is 0 Å². The van der Waals surface area contributed by atoms with E-state index in [-0.39, 0.29) is 0 Å². The summed E-state index contributed by atoms with van der Waals surface area (Å²) in [6.45, 7) is 13.9. The minimum Gasteiger partial charge on any atom is -0.354 e. The zero-order chi connectivity index (χ0) is 20.4. The maximum atomic E-state index is 5.15. The minimum atomic E-state index is 0.377. The van der Waals surface area contributed by atoms with Crippen LogP contribution in [0.4, 0.5) is 0 Å². The predicted molar refractivity (Wildman–Crippen MR) is 124 cm³/mol. The van der Waals surface area contributed by atoms with Gasteiger partial charge in [0.25, 0.3) is 0 Å². The molecule has 2 nitrogen and oxygen atoms in total. The van der Waals surface area contributed by atoms with Gasteiger partial charge in [-0.1, -0.05) is 87.0 Å². The van der Waals surface area contributed by atoms with E-state index in [4.69, 9.17) is 4.99 Å². The molecule has 2 aromatic carbocycles. The summed E-state index contributed by atoms with van der Waals surface area (Å²) in [5.41, 5.74) is 4.49. The van der Waals surface area contributed by atoms with Crippen LogP contribution >= 0.6 is 0 Å². The van der Waals surface area contributed by atoms with Crippen LogP contribution in [0, 0.1) is 0 Å². The first-order valence-electron chi connectivity index (χ1n) is 10.4. The summed E-state index contributed by atoms with van der Waals surface area (Å²) in [6.07, 6.45) is 5.52. The molecule has 28 heavy (non-hydrogen) atoms. The van der Waals surface area contributed by atoms with Crippen molar-refractivity contribution in [1.82, 2.24) is 4.90 Å². The molecule has 148 valence electrons. The molecule has 0 bridgehead atoms. The Kier molecular flexibility index (Phi) is 8.74. The van der Waals surface area contributed by atoms with Gasteiger partial charge in [0.05, 0.1) is 5.70 Å². The second-order valence-corrected chi connectivity index (χ2v) is 7.37. The molecule has 0 aliphatic carbocycles. The number of allylic oxidation sites excluding steroid dienone is 1. The number of benzene rings is 2. The second-order valence-electron chi connectivity index (χ2n) is 7.37. The molecule has 0 atom stereocenters. The highest BCUT2D eigenvalue weighted by molar-refractivity contribution is 6.00. The summed E-state index contributed by atoms with van der Waals surface area (Å²) >= 11 is 0. The summed E-state index contributed by atoms with van der Waals surface area (Å²) in [5.74, 6) is 0.945. The molecule has 0 aliphatic heterocycles. The summed E-state index contributed by atoms with van der Waals surface area (Å²) in [7, 11) is 0. The zero-order valence-electron chi connectivity index (χ0n) is 17.9. The van der Waals surface area contributed by atoms with Gasteiger partial charge < -0.3 is 4.90 Å². The molecular weight excluding hydrogens is 340 g/mol. The standard InChI is InChI=1S/C26H34N2/c1-6-8-15-20-28(21(3)4)25(7-2)27-26(24-18-13-10-14-19-24)22(5)23-16-11-9-12-17-23/h7,9-14,16-19,21H,2,6,8,15,20H2,1,3-5H3/b26-22+,27-25+. The quantitative estimate of drug-likeness (QED) is 0.198. The average Bonchev–Trinajstić information content (AvgIpc) is 2.73. The Morgan fingerprint density at radius 1 is 0.964 bits per heavy atom. The van der Waals surface area contributed by atoms with Crippen LogP contribution in [0.25, 0.3) is 11.3 Å². The Hall–Kier alpha value is -2.61. The molecule has 0 saturated heterocycles. The van der Waals surface area contributed by atoms with Crippen molar-refractivity contribution in [2.75, 3.05) is 6.54 Å². The van der Waals surface area contributed by atoms with Crippen LogP contribution in [0.1, 0.15) is 58.1 Å². The van der Waals surface area contributed by atoms with E-state index in [0.29, 0.717) is 6.04 Å². The first-order valence-corrected chi connectivity index (χ1v) is 10.4. The highest BCUT2D eigenvalue weighted by atomic mass is 15.2. The van der Waals surface area contributed by atoms with Crippen LogP contribution in [0.15, 0.2) is 78.3 Å². The van der Waals surface area contributed by atoms with Gasteiger partial charge >= 0.3 is 0 Å².